The number of hydrogen-bond donors (Lipinski definition) is 1. The van der Waals surface area contributed by atoms with E-state index in [2.05, 4.69) is 11.9 Å². The molecular formula is C14H16ClNO. The van der Waals surface area contributed by atoms with Gasteiger partial charge < -0.3 is 4.98 Å². The van der Waals surface area contributed by atoms with E-state index >= 15 is 0 Å². The number of unbranched alkanes of at least 4 members (excludes halogenated alkanes) is 1. The highest BCUT2D eigenvalue weighted by Gasteiger charge is 2.18. The van der Waals surface area contributed by atoms with Crippen LogP contribution < -0.4 is 0 Å². The first-order valence-corrected chi connectivity index (χ1v) is 6.42. The lowest BCUT2D eigenvalue weighted by atomic mass is 10.1. The van der Waals surface area contributed by atoms with Crippen LogP contribution in [0, 0.1) is 0 Å². The first-order chi connectivity index (χ1) is 8.22. The largest absolute Gasteiger partial charge is 0.352 e. The van der Waals surface area contributed by atoms with Crippen LogP contribution in [0.25, 0.3) is 10.9 Å². The van der Waals surface area contributed by atoms with Gasteiger partial charge in [-0.1, -0.05) is 38.0 Å². The standard InChI is InChI=1S/C14H16ClNO/c1-2-3-7-11(15)14(17)13-9-10-6-4-5-8-12(10)16-13/h4-6,8-9,11,16H,2-3,7H2,1H3. The van der Waals surface area contributed by atoms with Gasteiger partial charge in [-0.25, -0.2) is 0 Å². The number of rotatable bonds is 5. The van der Waals surface area contributed by atoms with Gasteiger partial charge in [0.15, 0.2) is 5.78 Å². The highest BCUT2D eigenvalue weighted by molar-refractivity contribution is 6.33. The van der Waals surface area contributed by atoms with Crippen LogP contribution in [0.5, 0.6) is 0 Å². The first-order valence-electron chi connectivity index (χ1n) is 5.98. The van der Waals surface area contributed by atoms with Crippen molar-refractivity contribution >= 4 is 28.3 Å². The molecular weight excluding hydrogens is 234 g/mol. The highest BCUT2D eigenvalue weighted by Crippen LogP contribution is 2.19. The number of alkyl halides is 1. The third kappa shape index (κ3) is 2.70. The zero-order chi connectivity index (χ0) is 12.3. The first kappa shape index (κ1) is 12.2. The number of carbonyl (C=O) groups excluding carboxylic acids is 1. The molecule has 1 atom stereocenters. The summed E-state index contributed by atoms with van der Waals surface area (Å²) in [7, 11) is 0. The third-order valence-corrected chi connectivity index (χ3v) is 3.31. The Kier molecular flexibility index (Phi) is 3.85. The topological polar surface area (TPSA) is 32.9 Å². The van der Waals surface area contributed by atoms with Gasteiger partial charge in [0.1, 0.15) is 0 Å². The number of nitrogens with one attached hydrogen (secondary N) is 1. The number of carbonyl (C=O) groups is 1. The van der Waals surface area contributed by atoms with Crippen molar-refractivity contribution in [2.45, 2.75) is 31.6 Å². The van der Waals surface area contributed by atoms with Crippen molar-refractivity contribution in [1.29, 1.82) is 0 Å². The van der Waals surface area contributed by atoms with E-state index in [4.69, 9.17) is 11.6 Å². The van der Waals surface area contributed by atoms with Gasteiger partial charge in [-0.05, 0) is 18.6 Å². The molecule has 1 aromatic heterocycles. The molecule has 1 heterocycles. The van der Waals surface area contributed by atoms with Crippen molar-refractivity contribution in [1.82, 2.24) is 4.98 Å². The predicted octanol–water partition coefficient (Wildman–Crippen LogP) is 4.15. The molecule has 17 heavy (non-hydrogen) atoms. The molecule has 0 aliphatic rings. The van der Waals surface area contributed by atoms with E-state index in [-0.39, 0.29) is 5.78 Å². The number of H-pyrrole nitrogens is 1. The van der Waals surface area contributed by atoms with Gasteiger partial charge in [-0.2, -0.15) is 0 Å². The lowest BCUT2D eigenvalue weighted by Crippen LogP contribution is -2.14. The van der Waals surface area contributed by atoms with E-state index in [1.165, 1.54) is 0 Å². The second kappa shape index (κ2) is 5.37. The van der Waals surface area contributed by atoms with Crippen LogP contribution in [0.1, 0.15) is 36.7 Å². The Morgan fingerprint density at radius 3 is 2.88 bits per heavy atom. The fourth-order valence-corrected chi connectivity index (χ4v) is 2.16. The van der Waals surface area contributed by atoms with Crippen LogP contribution in [-0.4, -0.2) is 16.1 Å². The van der Waals surface area contributed by atoms with Gasteiger partial charge in [0, 0.05) is 10.9 Å². The molecule has 2 nitrogen and oxygen atoms in total. The molecule has 0 fully saturated rings. The van der Waals surface area contributed by atoms with Crippen LogP contribution in [0.15, 0.2) is 30.3 Å². The summed E-state index contributed by atoms with van der Waals surface area (Å²) < 4.78 is 0. The molecule has 0 aliphatic heterocycles. The van der Waals surface area contributed by atoms with Crippen LogP contribution in [0.3, 0.4) is 0 Å². The number of fused-ring (bicyclic) bond motifs is 1. The Balaban J connectivity index is 2.18. The molecule has 0 aliphatic carbocycles. The van der Waals surface area contributed by atoms with Crippen LogP contribution in [0.4, 0.5) is 0 Å². The maximum atomic E-state index is 12.1. The van der Waals surface area contributed by atoms with Crippen molar-refractivity contribution in [3.63, 3.8) is 0 Å². The highest BCUT2D eigenvalue weighted by atomic mass is 35.5. The maximum Gasteiger partial charge on any atom is 0.196 e. The Hall–Kier alpha value is -1.28. The quantitative estimate of drug-likeness (QED) is 0.627. The lowest BCUT2D eigenvalue weighted by molar-refractivity contribution is 0.0979. The summed E-state index contributed by atoms with van der Waals surface area (Å²) >= 11 is 6.10. The molecule has 90 valence electrons. The van der Waals surface area contributed by atoms with Gasteiger partial charge in [-0.15, -0.1) is 11.6 Å². The van der Waals surface area contributed by atoms with E-state index in [0.29, 0.717) is 5.69 Å². The zero-order valence-corrected chi connectivity index (χ0v) is 10.6. The van der Waals surface area contributed by atoms with Crippen molar-refractivity contribution < 1.29 is 4.79 Å². The second-order valence-electron chi connectivity index (χ2n) is 4.24. The predicted molar refractivity (Wildman–Crippen MR) is 71.8 cm³/mol. The number of para-hydroxylation sites is 1. The summed E-state index contributed by atoms with van der Waals surface area (Å²) in [6, 6.07) is 9.72. The van der Waals surface area contributed by atoms with E-state index in [1.807, 2.05) is 30.3 Å². The molecule has 2 aromatic rings. The number of benzene rings is 1. The summed E-state index contributed by atoms with van der Waals surface area (Å²) in [5.41, 5.74) is 1.59. The second-order valence-corrected chi connectivity index (χ2v) is 4.77. The molecule has 1 unspecified atom stereocenters. The average Bonchev–Trinajstić information content (AvgIpc) is 2.78. The molecule has 3 heteroatoms. The van der Waals surface area contributed by atoms with E-state index in [1.54, 1.807) is 0 Å². The molecule has 0 radical (unpaired) electrons. The molecule has 0 saturated carbocycles. The lowest BCUT2D eigenvalue weighted by Gasteiger charge is -2.05. The number of aromatic nitrogens is 1. The molecule has 0 saturated heterocycles. The molecule has 0 bridgehead atoms. The zero-order valence-electron chi connectivity index (χ0n) is 9.87. The Bertz CT molecular complexity index is 485. The normalized spacial score (nSPS) is 12.8. The summed E-state index contributed by atoms with van der Waals surface area (Å²) in [5.74, 6) is -0.00341. The molecule has 0 amide bonds. The SMILES string of the molecule is CCCCC(Cl)C(=O)c1cc2ccccc2[nH]1. The Morgan fingerprint density at radius 2 is 2.18 bits per heavy atom. The van der Waals surface area contributed by atoms with Gasteiger partial charge in [-0.3, -0.25) is 4.79 Å². The van der Waals surface area contributed by atoms with Crippen molar-refractivity contribution in [3.8, 4) is 0 Å². The van der Waals surface area contributed by atoms with Gasteiger partial charge >= 0.3 is 0 Å². The maximum absolute atomic E-state index is 12.1. The van der Waals surface area contributed by atoms with Crippen molar-refractivity contribution in [3.05, 3.63) is 36.0 Å². The fraction of sp³-hybridized carbons (Fsp3) is 0.357. The van der Waals surface area contributed by atoms with Gasteiger partial charge in [0.2, 0.25) is 0 Å². The van der Waals surface area contributed by atoms with Crippen LogP contribution in [0.2, 0.25) is 0 Å². The van der Waals surface area contributed by atoms with Gasteiger partial charge in [0.25, 0.3) is 0 Å². The molecule has 2 rings (SSSR count). The minimum atomic E-state index is -0.414. The summed E-state index contributed by atoms with van der Waals surface area (Å²) in [6.45, 7) is 2.09. The smallest absolute Gasteiger partial charge is 0.196 e. The molecule has 1 aromatic carbocycles. The summed E-state index contributed by atoms with van der Waals surface area (Å²) in [4.78, 5) is 15.2. The van der Waals surface area contributed by atoms with E-state index in [9.17, 15) is 4.79 Å². The molecule has 1 N–H and O–H groups in total. The summed E-state index contributed by atoms with van der Waals surface area (Å²) in [5, 5.41) is 0.637. The number of ketones is 1. The average molecular weight is 250 g/mol. The van der Waals surface area contributed by atoms with Crippen LogP contribution in [-0.2, 0) is 0 Å². The number of aromatic amines is 1. The Labute approximate surface area is 106 Å². The van der Waals surface area contributed by atoms with Crippen LogP contribution >= 0.6 is 11.6 Å². The van der Waals surface area contributed by atoms with Crippen molar-refractivity contribution in [2.75, 3.05) is 0 Å². The van der Waals surface area contributed by atoms with Gasteiger partial charge in [0.05, 0.1) is 11.1 Å². The monoisotopic (exact) mass is 249 g/mol. The summed E-state index contributed by atoms with van der Waals surface area (Å²) in [6.07, 6.45) is 2.79. The Morgan fingerprint density at radius 1 is 1.41 bits per heavy atom. The van der Waals surface area contributed by atoms with E-state index < -0.39 is 5.38 Å². The number of halogens is 1. The third-order valence-electron chi connectivity index (χ3n) is 2.89. The fourth-order valence-electron chi connectivity index (χ4n) is 1.89. The van der Waals surface area contributed by atoms with E-state index in [0.717, 1.165) is 30.2 Å². The number of Topliss-reactive ketones (excluding diaryl/α,β-unsaturated/α-hetero) is 1. The van der Waals surface area contributed by atoms with Crippen molar-refractivity contribution in [2.24, 2.45) is 0 Å². The molecule has 0 spiro atoms. The minimum absolute atomic E-state index is 0.00341. The minimum Gasteiger partial charge on any atom is -0.352 e. The number of hydrogen-bond acceptors (Lipinski definition) is 1.